The Kier molecular flexibility index (Phi) is 5.06. The molecule has 1 aromatic rings. The molecule has 1 saturated carbocycles. The first-order valence-electron chi connectivity index (χ1n) is 7.18. The molecule has 0 spiro atoms. The molecule has 0 aromatic heterocycles. The summed E-state index contributed by atoms with van der Waals surface area (Å²) in [6, 6.07) is 8.52. The minimum absolute atomic E-state index is 0.277. The minimum atomic E-state index is 0.277. The molecule has 1 atom stereocenters. The summed E-state index contributed by atoms with van der Waals surface area (Å²) >= 11 is 0. The highest BCUT2D eigenvalue weighted by atomic mass is 16.5. The van der Waals surface area contributed by atoms with E-state index in [0.717, 1.165) is 12.2 Å². The van der Waals surface area contributed by atoms with Gasteiger partial charge in [-0.05, 0) is 36.8 Å². The number of methoxy groups -OCH3 is 1. The van der Waals surface area contributed by atoms with Crippen LogP contribution >= 0.6 is 0 Å². The lowest BCUT2D eigenvalue weighted by Gasteiger charge is -2.23. The lowest BCUT2D eigenvalue weighted by atomic mass is 9.88. The summed E-state index contributed by atoms with van der Waals surface area (Å²) in [5.74, 6) is 1.67. The summed E-state index contributed by atoms with van der Waals surface area (Å²) in [7, 11) is 1.73. The van der Waals surface area contributed by atoms with Crippen LogP contribution in [0.1, 0.15) is 44.1 Å². The Morgan fingerprint density at radius 3 is 2.50 bits per heavy atom. The lowest BCUT2D eigenvalue weighted by molar-refractivity contribution is 0.363. The van der Waals surface area contributed by atoms with E-state index in [1.54, 1.807) is 7.11 Å². The predicted octanol–water partition coefficient (Wildman–Crippen LogP) is 3.54. The van der Waals surface area contributed by atoms with E-state index in [1.807, 2.05) is 12.1 Å². The van der Waals surface area contributed by atoms with Gasteiger partial charge in [-0.15, -0.1) is 0 Å². The summed E-state index contributed by atoms with van der Waals surface area (Å²) < 4.78 is 5.40. The highest BCUT2D eigenvalue weighted by Gasteiger charge is 2.20. The zero-order valence-electron chi connectivity index (χ0n) is 11.4. The molecule has 1 fully saturated rings. The Morgan fingerprint density at radius 1 is 1.17 bits per heavy atom. The Hall–Kier alpha value is -1.02. The van der Waals surface area contributed by atoms with Crippen LogP contribution in [0.5, 0.6) is 5.75 Å². The van der Waals surface area contributed by atoms with E-state index in [2.05, 4.69) is 12.1 Å². The second kappa shape index (κ2) is 6.79. The maximum atomic E-state index is 6.42. The number of ether oxygens (including phenoxy) is 1. The fourth-order valence-corrected chi connectivity index (χ4v) is 3.03. The van der Waals surface area contributed by atoms with E-state index >= 15 is 0 Å². The first kappa shape index (κ1) is 13.4. The molecule has 0 bridgehead atoms. The monoisotopic (exact) mass is 247 g/mol. The zero-order chi connectivity index (χ0) is 12.8. The SMILES string of the molecule is COc1ccccc1CC(N)C1CCCCCC1. The maximum Gasteiger partial charge on any atom is 0.122 e. The van der Waals surface area contributed by atoms with Crippen LogP contribution in [0, 0.1) is 5.92 Å². The van der Waals surface area contributed by atoms with Gasteiger partial charge >= 0.3 is 0 Å². The van der Waals surface area contributed by atoms with Gasteiger partial charge in [0, 0.05) is 6.04 Å². The van der Waals surface area contributed by atoms with Crippen LogP contribution in [0.2, 0.25) is 0 Å². The van der Waals surface area contributed by atoms with Gasteiger partial charge in [0.15, 0.2) is 0 Å². The number of hydrogen-bond donors (Lipinski definition) is 1. The van der Waals surface area contributed by atoms with Crippen molar-refractivity contribution >= 4 is 0 Å². The van der Waals surface area contributed by atoms with E-state index in [0.29, 0.717) is 5.92 Å². The topological polar surface area (TPSA) is 35.2 Å². The van der Waals surface area contributed by atoms with Crippen molar-refractivity contribution in [2.45, 2.75) is 51.0 Å². The van der Waals surface area contributed by atoms with Crippen LogP contribution in [0.15, 0.2) is 24.3 Å². The van der Waals surface area contributed by atoms with Crippen molar-refractivity contribution in [1.29, 1.82) is 0 Å². The first-order valence-corrected chi connectivity index (χ1v) is 7.18. The van der Waals surface area contributed by atoms with Crippen LogP contribution < -0.4 is 10.5 Å². The molecule has 2 N–H and O–H groups in total. The number of para-hydroxylation sites is 1. The highest BCUT2D eigenvalue weighted by Crippen LogP contribution is 2.28. The smallest absolute Gasteiger partial charge is 0.122 e. The zero-order valence-corrected chi connectivity index (χ0v) is 11.4. The second-order valence-corrected chi connectivity index (χ2v) is 5.43. The van der Waals surface area contributed by atoms with Gasteiger partial charge in [-0.25, -0.2) is 0 Å². The minimum Gasteiger partial charge on any atom is -0.496 e. The quantitative estimate of drug-likeness (QED) is 0.826. The highest BCUT2D eigenvalue weighted by molar-refractivity contribution is 5.33. The molecule has 0 heterocycles. The number of nitrogens with two attached hydrogens (primary N) is 1. The first-order chi connectivity index (χ1) is 8.81. The van der Waals surface area contributed by atoms with Gasteiger partial charge in [0.05, 0.1) is 7.11 Å². The molecule has 0 saturated heterocycles. The molecule has 1 aliphatic rings. The van der Waals surface area contributed by atoms with E-state index in [1.165, 1.54) is 44.1 Å². The third-order valence-corrected chi connectivity index (χ3v) is 4.15. The number of hydrogen-bond acceptors (Lipinski definition) is 2. The van der Waals surface area contributed by atoms with E-state index in [9.17, 15) is 0 Å². The van der Waals surface area contributed by atoms with E-state index < -0.39 is 0 Å². The van der Waals surface area contributed by atoms with Gasteiger partial charge in [-0.3, -0.25) is 0 Å². The van der Waals surface area contributed by atoms with E-state index in [-0.39, 0.29) is 6.04 Å². The average Bonchev–Trinajstić information content (AvgIpc) is 2.68. The molecule has 100 valence electrons. The summed E-state index contributed by atoms with van der Waals surface area (Å²) in [4.78, 5) is 0. The van der Waals surface area contributed by atoms with Crippen LogP contribution in [-0.4, -0.2) is 13.2 Å². The molecule has 0 radical (unpaired) electrons. The molecule has 0 amide bonds. The maximum absolute atomic E-state index is 6.42. The number of benzene rings is 1. The Bertz CT molecular complexity index is 356. The summed E-state index contributed by atoms with van der Waals surface area (Å²) in [5, 5.41) is 0. The summed E-state index contributed by atoms with van der Waals surface area (Å²) in [6.45, 7) is 0. The lowest BCUT2D eigenvalue weighted by Crippen LogP contribution is -2.32. The summed E-state index contributed by atoms with van der Waals surface area (Å²) in [5.41, 5.74) is 7.66. The van der Waals surface area contributed by atoms with Crippen molar-refractivity contribution < 1.29 is 4.74 Å². The fraction of sp³-hybridized carbons (Fsp3) is 0.625. The predicted molar refractivity (Wildman–Crippen MR) is 75.9 cm³/mol. The van der Waals surface area contributed by atoms with Gasteiger partial charge in [-0.2, -0.15) is 0 Å². The summed E-state index contributed by atoms with van der Waals surface area (Å²) in [6.07, 6.45) is 9.02. The standard InChI is InChI=1S/C16H25NO/c1-18-16-11-7-6-10-14(16)12-15(17)13-8-4-2-3-5-9-13/h6-7,10-11,13,15H,2-5,8-9,12,17H2,1H3. The fourth-order valence-electron chi connectivity index (χ4n) is 3.03. The van der Waals surface area contributed by atoms with Crippen molar-refractivity contribution in [3.63, 3.8) is 0 Å². The molecule has 2 nitrogen and oxygen atoms in total. The van der Waals surface area contributed by atoms with Gasteiger partial charge in [0.2, 0.25) is 0 Å². The molecule has 1 unspecified atom stereocenters. The Morgan fingerprint density at radius 2 is 1.83 bits per heavy atom. The Balaban J connectivity index is 1.98. The molecule has 1 aromatic carbocycles. The number of rotatable bonds is 4. The van der Waals surface area contributed by atoms with Gasteiger partial charge in [0.1, 0.15) is 5.75 Å². The van der Waals surface area contributed by atoms with Gasteiger partial charge < -0.3 is 10.5 Å². The molecular weight excluding hydrogens is 222 g/mol. The van der Waals surface area contributed by atoms with Crippen molar-refractivity contribution in [2.24, 2.45) is 11.7 Å². The van der Waals surface area contributed by atoms with Gasteiger partial charge in [0.25, 0.3) is 0 Å². The van der Waals surface area contributed by atoms with Crippen LogP contribution in [-0.2, 0) is 6.42 Å². The second-order valence-electron chi connectivity index (χ2n) is 5.43. The van der Waals surface area contributed by atoms with Crippen molar-refractivity contribution in [1.82, 2.24) is 0 Å². The molecule has 1 aliphatic carbocycles. The molecule has 18 heavy (non-hydrogen) atoms. The molecular formula is C16H25NO. The largest absolute Gasteiger partial charge is 0.496 e. The average molecular weight is 247 g/mol. The van der Waals surface area contributed by atoms with Crippen LogP contribution in [0.3, 0.4) is 0 Å². The third-order valence-electron chi connectivity index (χ3n) is 4.15. The normalized spacial score (nSPS) is 19.2. The van der Waals surface area contributed by atoms with Crippen molar-refractivity contribution in [3.05, 3.63) is 29.8 Å². The third kappa shape index (κ3) is 3.49. The molecule has 2 heteroatoms. The van der Waals surface area contributed by atoms with Crippen LogP contribution in [0.25, 0.3) is 0 Å². The Labute approximate surface area is 111 Å². The van der Waals surface area contributed by atoms with E-state index in [4.69, 9.17) is 10.5 Å². The van der Waals surface area contributed by atoms with Crippen molar-refractivity contribution in [3.8, 4) is 5.75 Å². The van der Waals surface area contributed by atoms with Crippen molar-refractivity contribution in [2.75, 3.05) is 7.11 Å². The molecule has 2 rings (SSSR count). The molecule has 0 aliphatic heterocycles. The van der Waals surface area contributed by atoms with Crippen LogP contribution in [0.4, 0.5) is 0 Å². The van der Waals surface area contributed by atoms with Gasteiger partial charge in [-0.1, -0.05) is 43.9 Å².